The van der Waals surface area contributed by atoms with Gasteiger partial charge in [0, 0.05) is 0 Å². The van der Waals surface area contributed by atoms with E-state index in [1.807, 2.05) is 12.2 Å². The maximum absolute atomic E-state index is 3.86. The van der Waals surface area contributed by atoms with Crippen LogP contribution in [0.2, 0.25) is 0 Å². The molecule has 0 atom stereocenters. The lowest BCUT2D eigenvalue weighted by Crippen LogP contribution is -2.03. The van der Waals surface area contributed by atoms with Crippen molar-refractivity contribution in [1.29, 1.82) is 0 Å². The van der Waals surface area contributed by atoms with Crippen LogP contribution in [0.25, 0.3) is 0 Å². The van der Waals surface area contributed by atoms with Gasteiger partial charge in [0.05, 0.1) is 0 Å². The quantitative estimate of drug-likeness (QED) is 0.630. The molecule has 0 unspecified atom stereocenters. The van der Waals surface area contributed by atoms with E-state index in [0.29, 0.717) is 5.92 Å². The minimum atomic E-state index is 0.569. The first kappa shape index (κ1) is 12.8. The lowest BCUT2D eigenvalue weighted by atomic mass is 9.87. The summed E-state index contributed by atoms with van der Waals surface area (Å²) in [6.45, 7) is 14.4. The lowest BCUT2D eigenvalue weighted by molar-refractivity contribution is 0.843. The molecule has 0 amide bonds. The van der Waals surface area contributed by atoms with Crippen molar-refractivity contribution in [3.05, 3.63) is 59.7 Å². The highest BCUT2D eigenvalue weighted by molar-refractivity contribution is 5.44. The van der Waals surface area contributed by atoms with Gasteiger partial charge in [-0.05, 0) is 47.9 Å². The first-order valence-electron chi connectivity index (χ1n) is 5.94. The Morgan fingerprint density at radius 3 is 2.12 bits per heavy atom. The molecule has 0 aromatic heterocycles. The van der Waals surface area contributed by atoms with Crippen LogP contribution in [0.4, 0.5) is 0 Å². The summed E-state index contributed by atoms with van der Waals surface area (Å²) in [6, 6.07) is 4.48. The van der Waals surface area contributed by atoms with Crippen molar-refractivity contribution >= 4 is 0 Å². The Morgan fingerprint density at radius 1 is 1.06 bits per heavy atom. The van der Waals surface area contributed by atoms with Gasteiger partial charge in [-0.2, -0.15) is 0 Å². The van der Waals surface area contributed by atoms with Crippen LogP contribution in [0, 0.1) is 6.92 Å². The SMILES string of the molecule is C=CCc1c(C)ccc(C(C)C)c1CC=C. The molecular weight excluding hydrogens is 192 g/mol. The summed E-state index contributed by atoms with van der Waals surface area (Å²) in [7, 11) is 0. The summed E-state index contributed by atoms with van der Waals surface area (Å²) in [5.41, 5.74) is 5.69. The fourth-order valence-electron chi connectivity index (χ4n) is 2.18. The minimum absolute atomic E-state index is 0.569. The number of benzene rings is 1. The molecule has 0 N–H and O–H groups in total. The van der Waals surface area contributed by atoms with Crippen molar-refractivity contribution in [2.24, 2.45) is 0 Å². The highest BCUT2D eigenvalue weighted by Crippen LogP contribution is 2.26. The number of hydrogen-bond donors (Lipinski definition) is 0. The zero-order chi connectivity index (χ0) is 12.1. The molecule has 0 radical (unpaired) electrons. The molecule has 0 heterocycles. The van der Waals surface area contributed by atoms with Crippen LogP contribution in [-0.4, -0.2) is 0 Å². The van der Waals surface area contributed by atoms with Crippen molar-refractivity contribution in [2.45, 2.75) is 39.5 Å². The van der Waals surface area contributed by atoms with E-state index in [9.17, 15) is 0 Å². The Morgan fingerprint density at radius 2 is 1.62 bits per heavy atom. The van der Waals surface area contributed by atoms with E-state index >= 15 is 0 Å². The standard InChI is InChI=1S/C16H22/c1-6-8-15-13(5)10-11-14(12(3)4)16(15)9-7-2/h6-7,10-12H,1-2,8-9H2,3-5H3. The zero-order valence-electron chi connectivity index (χ0n) is 10.7. The van der Waals surface area contributed by atoms with Gasteiger partial charge < -0.3 is 0 Å². The Balaban J connectivity index is 3.35. The molecule has 0 nitrogen and oxygen atoms in total. The maximum Gasteiger partial charge on any atom is -0.00943 e. The van der Waals surface area contributed by atoms with Crippen molar-refractivity contribution in [3.8, 4) is 0 Å². The van der Waals surface area contributed by atoms with Crippen LogP contribution >= 0.6 is 0 Å². The van der Waals surface area contributed by atoms with Gasteiger partial charge in [0.2, 0.25) is 0 Å². The molecule has 0 aliphatic carbocycles. The first-order chi connectivity index (χ1) is 7.61. The van der Waals surface area contributed by atoms with Gasteiger partial charge in [-0.3, -0.25) is 0 Å². The van der Waals surface area contributed by atoms with Gasteiger partial charge in [0.15, 0.2) is 0 Å². The second-order valence-electron chi connectivity index (χ2n) is 4.57. The number of allylic oxidation sites excluding steroid dienone is 2. The molecular formula is C16H22. The first-order valence-corrected chi connectivity index (χ1v) is 5.94. The third-order valence-corrected chi connectivity index (χ3v) is 3.02. The molecule has 0 aliphatic rings. The summed E-state index contributed by atoms with van der Waals surface area (Å²) in [6.07, 6.45) is 5.89. The molecule has 1 aromatic rings. The monoisotopic (exact) mass is 214 g/mol. The van der Waals surface area contributed by atoms with Crippen molar-refractivity contribution in [1.82, 2.24) is 0 Å². The van der Waals surface area contributed by atoms with Gasteiger partial charge in [0.1, 0.15) is 0 Å². The van der Waals surface area contributed by atoms with E-state index in [2.05, 4.69) is 46.1 Å². The van der Waals surface area contributed by atoms with Crippen LogP contribution in [-0.2, 0) is 12.8 Å². The van der Waals surface area contributed by atoms with E-state index in [1.165, 1.54) is 22.3 Å². The summed E-state index contributed by atoms with van der Waals surface area (Å²) in [5, 5.41) is 0. The molecule has 1 aromatic carbocycles. The topological polar surface area (TPSA) is 0 Å². The predicted molar refractivity (Wildman–Crippen MR) is 73.1 cm³/mol. The second-order valence-corrected chi connectivity index (χ2v) is 4.57. The number of rotatable bonds is 5. The summed E-state index contributed by atoms with van der Waals surface area (Å²) in [4.78, 5) is 0. The van der Waals surface area contributed by atoms with E-state index in [4.69, 9.17) is 0 Å². The minimum Gasteiger partial charge on any atom is -0.103 e. The van der Waals surface area contributed by atoms with Gasteiger partial charge in [-0.1, -0.05) is 38.1 Å². The number of aryl methyl sites for hydroxylation is 1. The summed E-state index contributed by atoms with van der Waals surface area (Å²) < 4.78 is 0. The molecule has 1 rings (SSSR count). The summed E-state index contributed by atoms with van der Waals surface area (Å²) in [5.74, 6) is 0.569. The molecule has 0 saturated carbocycles. The molecule has 0 bridgehead atoms. The van der Waals surface area contributed by atoms with E-state index in [0.717, 1.165) is 12.8 Å². The van der Waals surface area contributed by atoms with E-state index < -0.39 is 0 Å². The predicted octanol–water partition coefficient (Wildman–Crippen LogP) is 4.58. The van der Waals surface area contributed by atoms with Crippen molar-refractivity contribution in [3.63, 3.8) is 0 Å². The van der Waals surface area contributed by atoms with Crippen LogP contribution in [0.5, 0.6) is 0 Å². The van der Waals surface area contributed by atoms with Crippen molar-refractivity contribution < 1.29 is 0 Å². The highest BCUT2D eigenvalue weighted by Gasteiger charge is 2.11. The largest absolute Gasteiger partial charge is 0.103 e. The van der Waals surface area contributed by atoms with Gasteiger partial charge in [-0.15, -0.1) is 13.2 Å². The van der Waals surface area contributed by atoms with E-state index in [1.54, 1.807) is 0 Å². The third kappa shape index (κ3) is 2.63. The second kappa shape index (κ2) is 5.69. The molecule has 0 heteroatoms. The van der Waals surface area contributed by atoms with Gasteiger partial charge in [-0.25, -0.2) is 0 Å². The number of hydrogen-bond acceptors (Lipinski definition) is 0. The molecule has 0 aliphatic heterocycles. The third-order valence-electron chi connectivity index (χ3n) is 3.02. The molecule has 16 heavy (non-hydrogen) atoms. The smallest absolute Gasteiger partial charge is 0.00943 e. The summed E-state index contributed by atoms with van der Waals surface area (Å²) >= 11 is 0. The van der Waals surface area contributed by atoms with E-state index in [-0.39, 0.29) is 0 Å². The van der Waals surface area contributed by atoms with Crippen molar-refractivity contribution in [2.75, 3.05) is 0 Å². The fraction of sp³-hybridized carbons (Fsp3) is 0.375. The molecule has 0 spiro atoms. The normalized spacial score (nSPS) is 10.5. The Kier molecular flexibility index (Phi) is 4.54. The van der Waals surface area contributed by atoms with Gasteiger partial charge >= 0.3 is 0 Å². The van der Waals surface area contributed by atoms with Crippen LogP contribution in [0.15, 0.2) is 37.4 Å². The molecule has 0 fully saturated rings. The van der Waals surface area contributed by atoms with Gasteiger partial charge in [0.25, 0.3) is 0 Å². The van der Waals surface area contributed by atoms with Crippen LogP contribution < -0.4 is 0 Å². The maximum atomic E-state index is 3.86. The Labute approximate surface area is 99.7 Å². The lowest BCUT2D eigenvalue weighted by Gasteiger charge is -2.18. The average Bonchev–Trinajstić information content (AvgIpc) is 2.23. The molecule has 0 saturated heterocycles. The fourth-order valence-corrected chi connectivity index (χ4v) is 2.18. The zero-order valence-corrected chi connectivity index (χ0v) is 10.7. The highest BCUT2D eigenvalue weighted by atomic mass is 14.2. The Bertz CT molecular complexity index is 383. The van der Waals surface area contributed by atoms with Crippen LogP contribution in [0.3, 0.4) is 0 Å². The van der Waals surface area contributed by atoms with Crippen LogP contribution in [0.1, 0.15) is 42.0 Å². The Hall–Kier alpha value is -1.30. The molecule has 86 valence electrons. The average molecular weight is 214 g/mol.